The van der Waals surface area contributed by atoms with Gasteiger partial charge in [-0.2, -0.15) is 0 Å². The summed E-state index contributed by atoms with van der Waals surface area (Å²) in [5, 5.41) is 0.356. The van der Waals surface area contributed by atoms with Gasteiger partial charge in [0.25, 0.3) is 0 Å². The third kappa shape index (κ3) is 3.91. The second-order valence-electron chi connectivity index (χ2n) is 8.80. The summed E-state index contributed by atoms with van der Waals surface area (Å²) in [5.41, 5.74) is 0. The highest BCUT2D eigenvalue weighted by Crippen LogP contribution is 2.48. The normalized spacial score (nSPS) is 27.8. The van der Waals surface area contributed by atoms with Crippen LogP contribution in [0.3, 0.4) is 0 Å². The number of hydrogen-bond acceptors (Lipinski definition) is 1. The molecule has 0 saturated carbocycles. The number of fused-ring (bicyclic) bond motifs is 2. The highest BCUT2D eigenvalue weighted by molar-refractivity contribution is 6.74. The molecule has 2 rings (SSSR count). The molecule has 116 valence electrons. The largest absolute Gasteiger partial charge is 0.417 e. The molecule has 0 radical (unpaired) electrons. The molecule has 0 atom stereocenters. The maximum absolute atomic E-state index is 6.35. The SMILES string of the molecule is CC(C)(C)[Si](C)(C)OCCCB1C2CCCC1CCC2. The van der Waals surface area contributed by atoms with Crippen molar-refractivity contribution in [3.63, 3.8) is 0 Å². The molecule has 0 N–H and O–H groups in total. The number of rotatable bonds is 5. The Balaban J connectivity index is 1.73. The first-order valence-corrected chi connectivity index (χ1v) is 11.9. The maximum atomic E-state index is 6.35. The van der Waals surface area contributed by atoms with Crippen LogP contribution in [-0.4, -0.2) is 21.6 Å². The van der Waals surface area contributed by atoms with Crippen molar-refractivity contribution in [1.82, 2.24) is 0 Å². The van der Waals surface area contributed by atoms with Gasteiger partial charge in [-0.1, -0.05) is 77.3 Å². The van der Waals surface area contributed by atoms with Crippen LogP contribution in [0.5, 0.6) is 0 Å². The maximum Gasteiger partial charge on any atom is 0.191 e. The van der Waals surface area contributed by atoms with E-state index in [1.807, 2.05) is 0 Å². The summed E-state index contributed by atoms with van der Waals surface area (Å²) < 4.78 is 6.35. The first-order valence-electron chi connectivity index (χ1n) is 8.95. The van der Waals surface area contributed by atoms with Gasteiger partial charge >= 0.3 is 0 Å². The van der Waals surface area contributed by atoms with Gasteiger partial charge in [-0.25, -0.2) is 0 Å². The molecule has 1 nitrogen and oxygen atoms in total. The van der Waals surface area contributed by atoms with E-state index in [1.165, 1.54) is 51.3 Å². The van der Waals surface area contributed by atoms with Crippen LogP contribution in [0, 0.1) is 0 Å². The zero-order valence-corrected chi connectivity index (χ0v) is 15.5. The fraction of sp³-hybridized carbons (Fsp3) is 1.00. The van der Waals surface area contributed by atoms with Crippen LogP contribution in [0.25, 0.3) is 0 Å². The zero-order chi connectivity index (χ0) is 14.8. The fourth-order valence-electron chi connectivity index (χ4n) is 4.15. The van der Waals surface area contributed by atoms with Gasteiger partial charge in [0, 0.05) is 6.61 Å². The van der Waals surface area contributed by atoms with Crippen molar-refractivity contribution in [2.24, 2.45) is 0 Å². The molecule has 0 aromatic rings. The fourth-order valence-corrected chi connectivity index (χ4v) is 5.24. The third-order valence-corrected chi connectivity index (χ3v) is 11.0. The molecule has 2 aliphatic rings. The van der Waals surface area contributed by atoms with E-state index in [2.05, 4.69) is 33.9 Å². The Hall–Kier alpha value is 0.242. The monoisotopic (exact) mass is 294 g/mol. The standard InChI is InChI=1S/C17H35BOSi/c1-17(2,3)20(4,5)19-14-8-13-18-15-9-6-10-16(18)12-7-11-15/h15-16H,6-14H2,1-5H3. The summed E-state index contributed by atoms with van der Waals surface area (Å²) in [6.07, 6.45) is 11.8. The van der Waals surface area contributed by atoms with Crippen molar-refractivity contribution >= 4 is 15.0 Å². The molecule has 2 aliphatic heterocycles. The first kappa shape index (κ1) is 16.6. The Morgan fingerprint density at radius 3 is 1.95 bits per heavy atom. The van der Waals surface area contributed by atoms with E-state index in [9.17, 15) is 0 Å². The van der Waals surface area contributed by atoms with Crippen LogP contribution in [0.2, 0.25) is 36.1 Å². The zero-order valence-electron chi connectivity index (χ0n) is 14.5. The van der Waals surface area contributed by atoms with Crippen molar-refractivity contribution in [3.05, 3.63) is 0 Å². The average Bonchev–Trinajstić information content (AvgIpc) is 2.32. The minimum atomic E-state index is -1.52. The van der Waals surface area contributed by atoms with E-state index >= 15 is 0 Å². The second-order valence-corrected chi connectivity index (χ2v) is 13.6. The molecule has 0 spiro atoms. The molecule has 3 heteroatoms. The average molecular weight is 294 g/mol. The molecule has 0 amide bonds. The van der Waals surface area contributed by atoms with E-state index in [1.54, 1.807) is 0 Å². The summed E-state index contributed by atoms with van der Waals surface area (Å²) in [6.45, 7) is 13.8. The molecular formula is C17H35BOSi. The summed E-state index contributed by atoms with van der Waals surface area (Å²) in [5.74, 6) is 2.13. The molecule has 2 fully saturated rings. The lowest BCUT2D eigenvalue weighted by atomic mass is 9.26. The van der Waals surface area contributed by atoms with E-state index in [4.69, 9.17) is 4.43 Å². The predicted octanol–water partition coefficient (Wildman–Crippen LogP) is 6.00. The molecule has 2 saturated heterocycles. The Bertz CT molecular complexity index is 289. The summed E-state index contributed by atoms with van der Waals surface area (Å²) in [6, 6.07) is 0. The van der Waals surface area contributed by atoms with Gasteiger partial charge in [0.05, 0.1) is 0 Å². The lowest BCUT2D eigenvalue weighted by Crippen LogP contribution is -2.41. The van der Waals surface area contributed by atoms with Crippen LogP contribution in [0.1, 0.15) is 65.7 Å². The van der Waals surface area contributed by atoms with Crippen molar-refractivity contribution in [3.8, 4) is 0 Å². The number of hydrogen-bond donors (Lipinski definition) is 0. The van der Waals surface area contributed by atoms with Crippen LogP contribution in [0.15, 0.2) is 0 Å². The van der Waals surface area contributed by atoms with Gasteiger partial charge in [0.15, 0.2) is 8.32 Å². The van der Waals surface area contributed by atoms with Crippen LogP contribution in [-0.2, 0) is 4.43 Å². The highest BCUT2D eigenvalue weighted by atomic mass is 28.4. The van der Waals surface area contributed by atoms with Gasteiger partial charge in [0.1, 0.15) is 6.71 Å². The van der Waals surface area contributed by atoms with Crippen molar-refractivity contribution in [1.29, 1.82) is 0 Å². The van der Waals surface area contributed by atoms with Crippen molar-refractivity contribution < 1.29 is 4.43 Å². The Kier molecular flexibility index (Phi) is 5.45. The van der Waals surface area contributed by atoms with E-state index in [-0.39, 0.29) is 0 Å². The van der Waals surface area contributed by atoms with Gasteiger partial charge in [-0.15, -0.1) is 0 Å². The molecule has 20 heavy (non-hydrogen) atoms. The van der Waals surface area contributed by atoms with Crippen LogP contribution >= 0.6 is 0 Å². The summed E-state index contributed by atoms with van der Waals surface area (Å²) in [4.78, 5) is 0. The lowest BCUT2D eigenvalue weighted by Gasteiger charge is -2.41. The van der Waals surface area contributed by atoms with Gasteiger partial charge in [-0.05, 0) is 24.6 Å². The van der Waals surface area contributed by atoms with Crippen molar-refractivity contribution in [2.75, 3.05) is 6.61 Å². The van der Waals surface area contributed by atoms with Crippen LogP contribution in [0.4, 0.5) is 0 Å². The van der Waals surface area contributed by atoms with Gasteiger partial charge < -0.3 is 4.43 Å². The third-order valence-electron chi connectivity index (χ3n) is 6.46. The Morgan fingerprint density at radius 1 is 1.00 bits per heavy atom. The Labute approximate surface area is 128 Å². The van der Waals surface area contributed by atoms with E-state index in [0.717, 1.165) is 25.0 Å². The van der Waals surface area contributed by atoms with E-state index < -0.39 is 8.32 Å². The molecular weight excluding hydrogens is 259 g/mol. The Morgan fingerprint density at radius 2 is 1.50 bits per heavy atom. The first-order chi connectivity index (χ1) is 9.31. The summed E-state index contributed by atoms with van der Waals surface area (Å²) in [7, 11) is -1.52. The van der Waals surface area contributed by atoms with Gasteiger partial charge in [0.2, 0.25) is 0 Å². The predicted molar refractivity (Wildman–Crippen MR) is 93.5 cm³/mol. The quantitative estimate of drug-likeness (QED) is 0.446. The molecule has 0 aromatic heterocycles. The van der Waals surface area contributed by atoms with E-state index in [0.29, 0.717) is 5.04 Å². The molecule has 2 bridgehead atoms. The van der Waals surface area contributed by atoms with Crippen molar-refractivity contribution in [2.45, 2.75) is 102 Å². The topological polar surface area (TPSA) is 9.23 Å². The second kappa shape index (κ2) is 6.56. The minimum Gasteiger partial charge on any atom is -0.417 e. The lowest BCUT2D eigenvalue weighted by molar-refractivity contribution is 0.286. The highest BCUT2D eigenvalue weighted by Gasteiger charge is 2.39. The minimum absolute atomic E-state index is 0.356. The smallest absolute Gasteiger partial charge is 0.191 e. The molecule has 0 aromatic carbocycles. The van der Waals surface area contributed by atoms with Crippen LogP contribution < -0.4 is 0 Å². The summed E-state index contributed by atoms with van der Waals surface area (Å²) >= 11 is 0. The molecule has 0 unspecified atom stereocenters. The molecule has 2 heterocycles. The molecule has 0 aliphatic carbocycles. The van der Waals surface area contributed by atoms with Gasteiger partial charge in [-0.3, -0.25) is 0 Å².